The summed E-state index contributed by atoms with van der Waals surface area (Å²) in [6, 6.07) is 0.811. The van der Waals surface area contributed by atoms with E-state index in [0.29, 0.717) is 18.9 Å². The molecule has 2 N–H and O–H groups in total. The molecule has 3 atom stereocenters. The van der Waals surface area contributed by atoms with Gasteiger partial charge in [-0.2, -0.15) is 0 Å². The van der Waals surface area contributed by atoms with Gasteiger partial charge in [0, 0.05) is 19.1 Å². The molecule has 1 aliphatic heterocycles. The van der Waals surface area contributed by atoms with E-state index in [0.717, 1.165) is 25.6 Å². The fourth-order valence-corrected chi connectivity index (χ4v) is 2.93. The monoisotopic (exact) mass is 252 g/mol. The minimum absolute atomic E-state index is 0.0627. The Bertz CT molecular complexity index is 367. The van der Waals surface area contributed by atoms with Crippen molar-refractivity contribution in [2.75, 3.05) is 19.6 Å². The first-order valence-electron chi connectivity index (χ1n) is 6.89. The first kappa shape index (κ1) is 12.0. The molecular weight excluding hydrogens is 232 g/mol. The highest BCUT2D eigenvalue weighted by atomic mass is 16.4. The molecule has 1 heterocycles. The topological polar surface area (TPSA) is 69.6 Å². The van der Waals surface area contributed by atoms with Crippen molar-refractivity contribution < 1.29 is 14.7 Å². The molecule has 0 radical (unpaired) electrons. The number of carbonyl (C=O) groups excluding carboxylic acids is 1. The summed E-state index contributed by atoms with van der Waals surface area (Å²) in [6.07, 6.45) is 4.34. The lowest BCUT2D eigenvalue weighted by atomic mass is 10.1. The molecule has 100 valence electrons. The molecule has 0 aromatic carbocycles. The van der Waals surface area contributed by atoms with Gasteiger partial charge in [0.1, 0.15) is 0 Å². The molecule has 0 spiro atoms. The second kappa shape index (κ2) is 4.53. The highest BCUT2D eigenvalue weighted by molar-refractivity contribution is 5.89. The molecule has 2 aliphatic carbocycles. The van der Waals surface area contributed by atoms with Crippen LogP contribution < -0.4 is 5.32 Å². The summed E-state index contributed by atoms with van der Waals surface area (Å²) in [6.45, 7) is 2.97. The van der Waals surface area contributed by atoms with Crippen LogP contribution in [0.2, 0.25) is 0 Å². The van der Waals surface area contributed by atoms with Gasteiger partial charge in [-0.15, -0.1) is 0 Å². The lowest BCUT2D eigenvalue weighted by Crippen LogP contribution is -2.33. The number of nitrogens with one attached hydrogen (secondary N) is 1. The summed E-state index contributed by atoms with van der Waals surface area (Å²) in [4.78, 5) is 24.9. The van der Waals surface area contributed by atoms with E-state index in [1.807, 2.05) is 0 Å². The van der Waals surface area contributed by atoms with E-state index < -0.39 is 11.9 Å². The molecule has 0 aromatic heterocycles. The van der Waals surface area contributed by atoms with E-state index in [4.69, 9.17) is 5.11 Å². The predicted octanol–water partition coefficient (Wildman–Crippen LogP) is 0.308. The first-order chi connectivity index (χ1) is 8.65. The first-order valence-corrected chi connectivity index (χ1v) is 6.89. The molecule has 3 fully saturated rings. The summed E-state index contributed by atoms with van der Waals surface area (Å²) >= 11 is 0. The molecule has 1 amide bonds. The highest BCUT2D eigenvalue weighted by Gasteiger charge is 2.48. The molecule has 3 rings (SSSR count). The zero-order valence-electron chi connectivity index (χ0n) is 10.5. The van der Waals surface area contributed by atoms with E-state index in [9.17, 15) is 9.59 Å². The van der Waals surface area contributed by atoms with Crippen molar-refractivity contribution in [1.82, 2.24) is 10.2 Å². The molecule has 1 saturated heterocycles. The van der Waals surface area contributed by atoms with Crippen LogP contribution in [0.3, 0.4) is 0 Å². The van der Waals surface area contributed by atoms with Crippen LogP contribution in [0.4, 0.5) is 0 Å². The summed E-state index contributed by atoms with van der Waals surface area (Å²) in [5.74, 6) is -1.06. The van der Waals surface area contributed by atoms with Crippen LogP contribution in [-0.4, -0.2) is 47.6 Å². The second-order valence-electron chi connectivity index (χ2n) is 5.91. The lowest BCUT2D eigenvalue weighted by Gasteiger charge is -2.15. The Morgan fingerprint density at radius 1 is 1.22 bits per heavy atom. The Hall–Kier alpha value is -1.10. The van der Waals surface area contributed by atoms with Gasteiger partial charge < -0.3 is 15.3 Å². The molecule has 0 bridgehead atoms. The van der Waals surface area contributed by atoms with Crippen LogP contribution in [0.1, 0.15) is 25.7 Å². The van der Waals surface area contributed by atoms with Crippen molar-refractivity contribution in [2.24, 2.45) is 17.8 Å². The van der Waals surface area contributed by atoms with Crippen molar-refractivity contribution in [3.63, 3.8) is 0 Å². The van der Waals surface area contributed by atoms with Gasteiger partial charge in [0.05, 0.1) is 11.8 Å². The van der Waals surface area contributed by atoms with E-state index in [2.05, 4.69) is 10.2 Å². The molecule has 3 aliphatic rings. The summed E-state index contributed by atoms with van der Waals surface area (Å²) < 4.78 is 0. The zero-order valence-corrected chi connectivity index (χ0v) is 10.5. The van der Waals surface area contributed by atoms with Crippen LogP contribution in [-0.2, 0) is 9.59 Å². The fourth-order valence-electron chi connectivity index (χ4n) is 2.93. The molecule has 18 heavy (non-hydrogen) atoms. The quantitative estimate of drug-likeness (QED) is 0.738. The Balaban J connectivity index is 1.37. The molecule has 5 nitrogen and oxygen atoms in total. The van der Waals surface area contributed by atoms with E-state index in [1.165, 1.54) is 12.8 Å². The van der Waals surface area contributed by atoms with Gasteiger partial charge >= 0.3 is 5.97 Å². The van der Waals surface area contributed by atoms with Gasteiger partial charge in [-0.3, -0.25) is 9.59 Å². The number of carbonyl (C=O) groups is 2. The summed E-state index contributed by atoms with van der Waals surface area (Å²) in [5.41, 5.74) is 0. The second-order valence-corrected chi connectivity index (χ2v) is 5.91. The highest BCUT2D eigenvalue weighted by Crippen LogP contribution is 2.38. The molecular formula is C13H20N2O3. The maximum Gasteiger partial charge on any atom is 0.307 e. The van der Waals surface area contributed by atoms with Crippen LogP contribution in [0.25, 0.3) is 0 Å². The Morgan fingerprint density at radius 2 is 2.00 bits per heavy atom. The van der Waals surface area contributed by atoms with Crippen LogP contribution in [0.15, 0.2) is 0 Å². The Kier molecular flexibility index (Phi) is 3.01. The van der Waals surface area contributed by atoms with Gasteiger partial charge in [0.25, 0.3) is 0 Å². The van der Waals surface area contributed by atoms with Gasteiger partial charge in [-0.1, -0.05) is 0 Å². The van der Waals surface area contributed by atoms with Crippen molar-refractivity contribution in [3.05, 3.63) is 0 Å². The zero-order chi connectivity index (χ0) is 12.7. The number of carboxylic acid groups (broad SMARTS) is 1. The maximum absolute atomic E-state index is 11.7. The number of aliphatic carboxylic acids is 1. The van der Waals surface area contributed by atoms with Gasteiger partial charge in [-0.05, 0) is 38.1 Å². The summed E-state index contributed by atoms with van der Waals surface area (Å²) in [5, 5.41) is 11.7. The van der Waals surface area contributed by atoms with Gasteiger partial charge in [0.15, 0.2) is 0 Å². The van der Waals surface area contributed by atoms with Crippen molar-refractivity contribution in [1.29, 1.82) is 0 Å². The smallest absolute Gasteiger partial charge is 0.307 e. The molecule has 1 unspecified atom stereocenters. The number of carboxylic acids is 1. The standard InChI is InChI=1S/C13H20N2O3/c16-12(10-5-11(10)13(17)18)14-6-8-3-4-15(7-8)9-1-2-9/h8-11H,1-7H2,(H,14,16)(H,17,18)/t8?,10-,11+/m1/s1. The van der Waals surface area contributed by atoms with Crippen molar-refractivity contribution in [2.45, 2.75) is 31.7 Å². The minimum atomic E-state index is -0.837. The average molecular weight is 252 g/mol. The molecule has 2 saturated carbocycles. The summed E-state index contributed by atoms with van der Waals surface area (Å²) in [7, 11) is 0. The predicted molar refractivity (Wildman–Crippen MR) is 64.9 cm³/mol. The third kappa shape index (κ3) is 2.51. The van der Waals surface area contributed by atoms with Gasteiger partial charge in [-0.25, -0.2) is 0 Å². The Labute approximate surface area is 107 Å². The number of hydrogen-bond donors (Lipinski definition) is 2. The Morgan fingerprint density at radius 3 is 2.61 bits per heavy atom. The number of rotatable bonds is 5. The maximum atomic E-state index is 11.7. The molecule has 0 aromatic rings. The molecule has 5 heteroatoms. The van der Waals surface area contributed by atoms with E-state index >= 15 is 0 Å². The normalized spacial score (nSPS) is 35.4. The number of amides is 1. The van der Waals surface area contributed by atoms with Crippen LogP contribution >= 0.6 is 0 Å². The average Bonchev–Trinajstić information content (AvgIpc) is 3.23. The minimum Gasteiger partial charge on any atom is -0.481 e. The fraction of sp³-hybridized carbons (Fsp3) is 0.846. The van der Waals surface area contributed by atoms with Gasteiger partial charge in [0.2, 0.25) is 5.91 Å². The van der Waals surface area contributed by atoms with Crippen LogP contribution in [0.5, 0.6) is 0 Å². The van der Waals surface area contributed by atoms with E-state index in [-0.39, 0.29) is 11.8 Å². The third-order valence-corrected chi connectivity index (χ3v) is 4.39. The van der Waals surface area contributed by atoms with Crippen molar-refractivity contribution >= 4 is 11.9 Å². The van der Waals surface area contributed by atoms with E-state index in [1.54, 1.807) is 0 Å². The number of nitrogens with zero attached hydrogens (tertiary/aromatic N) is 1. The van der Waals surface area contributed by atoms with Crippen LogP contribution in [0, 0.1) is 17.8 Å². The lowest BCUT2D eigenvalue weighted by molar-refractivity contribution is -0.140. The largest absolute Gasteiger partial charge is 0.481 e. The SMILES string of the molecule is O=C(O)[C@H]1C[C@H]1C(=O)NCC1CCN(C2CC2)C1. The van der Waals surface area contributed by atoms with Crippen molar-refractivity contribution in [3.8, 4) is 0 Å². The number of likely N-dealkylation sites (tertiary alicyclic amines) is 1. The third-order valence-electron chi connectivity index (χ3n) is 4.39. The number of hydrogen-bond acceptors (Lipinski definition) is 3.